The van der Waals surface area contributed by atoms with Gasteiger partial charge in [-0.3, -0.25) is 9.69 Å². The summed E-state index contributed by atoms with van der Waals surface area (Å²) in [6.07, 6.45) is 0.0317. The van der Waals surface area contributed by atoms with E-state index in [1.54, 1.807) is 19.2 Å². The summed E-state index contributed by atoms with van der Waals surface area (Å²) in [5.74, 6) is 1.20. The van der Waals surface area contributed by atoms with Crippen LogP contribution in [0.3, 0.4) is 0 Å². The van der Waals surface area contributed by atoms with E-state index < -0.39 is 0 Å². The number of nitrogens with one attached hydrogen (secondary N) is 1. The number of aromatic nitrogens is 2. The number of para-hydroxylation sites is 2. The third kappa shape index (κ3) is 5.39. The summed E-state index contributed by atoms with van der Waals surface area (Å²) in [5, 5.41) is 6.69. The molecule has 0 radical (unpaired) electrons. The molecule has 0 aliphatic rings. The largest absolute Gasteiger partial charge is 0.495 e. The molecule has 2 aromatic carbocycles. The zero-order valence-electron chi connectivity index (χ0n) is 15.4. The molecule has 1 heterocycles. The van der Waals surface area contributed by atoms with Crippen molar-refractivity contribution in [3.63, 3.8) is 0 Å². The van der Waals surface area contributed by atoms with Crippen LogP contribution in [0.1, 0.15) is 17.3 Å². The van der Waals surface area contributed by atoms with Gasteiger partial charge in [-0.25, -0.2) is 0 Å². The van der Waals surface area contributed by atoms with Crippen LogP contribution in [-0.4, -0.2) is 35.1 Å². The topological polar surface area (TPSA) is 80.5 Å². The quantitative estimate of drug-likeness (QED) is 0.660. The molecular weight excluding hydrogens is 344 g/mol. The van der Waals surface area contributed by atoms with Gasteiger partial charge in [0.1, 0.15) is 5.75 Å². The second kappa shape index (κ2) is 8.95. The van der Waals surface area contributed by atoms with E-state index in [-0.39, 0.29) is 12.3 Å². The third-order valence-electron chi connectivity index (χ3n) is 3.91. The Morgan fingerprint density at radius 1 is 1.11 bits per heavy atom. The number of rotatable bonds is 8. The summed E-state index contributed by atoms with van der Waals surface area (Å²) < 4.78 is 10.5. The van der Waals surface area contributed by atoms with Gasteiger partial charge in [0, 0.05) is 6.54 Å². The van der Waals surface area contributed by atoms with Crippen molar-refractivity contribution in [1.29, 1.82) is 0 Å². The molecule has 3 rings (SSSR count). The molecule has 0 bridgehead atoms. The van der Waals surface area contributed by atoms with E-state index >= 15 is 0 Å². The van der Waals surface area contributed by atoms with Crippen LogP contribution in [0.15, 0.2) is 59.1 Å². The van der Waals surface area contributed by atoms with Crippen LogP contribution in [0.4, 0.5) is 5.69 Å². The van der Waals surface area contributed by atoms with Crippen LogP contribution < -0.4 is 10.1 Å². The Morgan fingerprint density at radius 3 is 2.63 bits per heavy atom. The second-order valence-electron chi connectivity index (χ2n) is 6.19. The first-order valence-corrected chi connectivity index (χ1v) is 8.61. The molecule has 3 aromatic rings. The lowest BCUT2D eigenvalue weighted by molar-refractivity contribution is -0.115. The average molecular weight is 366 g/mol. The molecule has 1 aromatic heterocycles. The van der Waals surface area contributed by atoms with Crippen molar-refractivity contribution in [3.8, 4) is 5.75 Å². The van der Waals surface area contributed by atoms with Crippen LogP contribution >= 0.6 is 0 Å². The molecule has 0 spiro atoms. The zero-order chi connectivity index (χ0) is 19.1. The van der Waals surface area contributed by atoms with Gasteiger partial charge in [-0.1, -0.05) is 47.6 Å². The number of benzene rings is 2. The zero-order valence-corrected chi connectivity index (χ0v) is 15.4. The smallest absolute Gasteiger partial charge is 0.240 e. The van der Waals surface area contributed by atoms with Crippen molar-refractivity contribution >= 4 is 11.6 Å². The number of carbonyl (C=O) groups excluding carboxylic acids is 1. The second-order valence-corrected chi connectivity index (χ2v) is 6.19. The van der Waals surface area contributed by atoms with E-state index in [9.17, 15) is 4.79 Å². The Bertz CT molecular complexity index is 880. The van der Waals surface area contributed by atoms with E-state index in [1.807, 2.05) is 37.4 Å². The lowest BCUT2D eigenvalue weighted by Crippen LogP contribution is -2.18. The van der Waals surface area contributed by atoms with E-state index in [2.05, 4.69) is 32.5 Å². The van der Waals surface area contributed by atoms with Crippen molar-refractivity contribution in [2.24, 2.45) is 0 Å². The van der Waals surface area contributed by atoms with Gasteiger partial charge in [0.05, 0.1) is 25.8 Å². The molecule has 140 valence electrons. The molecule has 1 N–H and O–H groups in total. The van der Waals surface area contributed by atoms with Crippen LogP contribution in [0.25, 0.3) is 0 Å². The normalized spacial score (nSPS) is 10.8. The fourth-order valence-corrected chi connectivity index (χ4v) is 2.69. The highest BCUT2D eigenvalue weighted by Crippen LogP contribution is 2.23. The van der Waals surface area contributed by atoms with Crippen molar-refractivity contribution in [3.05, 3.63) is 71.9 Å². The predicted molar refractivity (Wildman–Crippen MR) is 101 cm³/mol. The first-order chi connectivity index (χ1) is 13.1. The number of ether oxygens (including phenoxy) is 1. The van der Waals surface area contributed by atoms with Crippen molar-refractivity contribution in [2.75, 3.05) is 19.5 Å². The third-order valence-corrected chi connectivity index (χ3v) is 3.91. The van der Waals surface area contributed by atoms with Crippen molar-refractivity contribution < 1.29 is 14.1 Å². The summed E-state index contributed by atoms with van der Waals surface area (Å²) in [5.41, 5.74) is 1.81. The minimum Gasteiger partial charge on any atom is -0.495 e. The lowest BCUT2D eigenvalue weighted by Gasteiger charge is -2.13. The summed E-state index contributed by atoms with van der Waals surface area (Å²) in [4.78, 5) is 18.6. The van der Waals surface area contributed by atoms with Gasteiger partial charge in [0.15, 0.2) is 5.82 Å². The molecule has 0 unspecified atom stereocenters. The van der Waals surface area contributed by atoms with E-state index in [4.69, 9.17) is 9.26 Å². The molecule has 0 aliphatic heterocycles. The molecule has 1 amide bonds. The summed E-state index contributed by atoms with van der Waals surface area (Å²) in [6, 6.07) is 17.4. The van der Waals surface area contributed by atoms with Gasteiger partial charge < -0.3 is 14.6 Å². The number of methoxy groups -OCH3 is 1. The van der Waals surface area contributed by atoms with E-state index in [0.717, 1.165) is 6.54 Å². The summed E-state index contributed by atoms with van der Waals surface area (Å²) in [6.45, 7) is 1.28. The van der Waals surface area contributed by atoms with Gasteiger partial charge >= 0.3 is 0 Å². The van der Waals surface area contributed by atoms with Crippen LogP contribution in [0, 0.1) is 0 Å². The molecule has 0 aliphatic carbocycles. The Kier molecular flexibility index (Phi) is 6.17. The fourth-order valence-electron chi connectivity index (χ4n) is 2.69. The molecule has 7 heteroatoms. The first kappa shape index (κ1) is 18.6. The highest BCUT2D eigenvalue weighted by atomic mass is 16.5. The average Bonchev–Trinajstić information content (AvgIpc) is 3.09. The fraction of sp³-hybridized carbons (Fsp3) is 0.250. The maximum absolute atomic E-state index is 12.2. The number of nitrogens with zero attached hydrogens (tertiary/aromatic N) is 3. The molecule has 27 heavy (non-hydrogen) atoms. The van der Waals surface area contributed by atoms with Crippen LogP contribution in [-0.2, 0) is 24.3 Å². The standard InChI is InChI=1S/C20H22N4O3/c1-24(13-15-8-4-3-5-9-15)14-20-22-18(23-27-20)12-19(25)21-16-10-6-7-11-17(16)26-2/h3-11H,12-14H2,1-2H3,(H,21,25). The Labute approximate surface area is 158 Å². The minimum absolute atomic E-state index is 0.0317. The number of hydrogen-bond acceptors (Lipinski definition) is 6. The monoisotopic (exact) mass is 366 g/mol. The Morgan fingerprint density at radius 2 is 1.85 bits per heavy atom. The van der Waals surface area contributed by atoms with Gasteiger partial charge in [-0.15, -0.1) is 0 Å². The van der Waals surface area contributed by atoms with Crippen molar-refractivity contribution in [1.82, 2.24) is 15.0 Å². The Balaban J connectivity index is 1.53. The molecule has 0 saturated carbocycles. The summed E-state index contributed by atoms with van der Waals surface area (Å²) in [7, 11) is 3.54. The van der Waals surface area contributed by atoms with Gasteiger partial charge in [0.2, 0.25) is 11.8 Å². The van der Waals surface area contributed by atoms with Crippen LogP contribution in [0.2, 0.25) is 0 Å². The number of amides is 1. The lowest BCUT2D eigenvalue weighted by atomic mass is 10.2. The molecular formula is C20H22N4O3. The van der Waals surface area contributed by atoms with Gasteiger partial charge in [0.25, 0.3) is 0 Å². The number of hydrogen-bond donors (Lipinski definition) is 1. The molecule has 0 saturated heterocycles. The molecule has 0 atom stereocenters. The maximum atomic E-state index is 12.2. The minimum atomic E-state index is -0.232. The highest BCUT2D eigenvalue weighted by Gasteiger charge is 2.14. The van der Waals surface area contributed by atoms with E-state index in [1.165, 1.54) is 5.56 Å². The number of carbonyl (C=O) groups is 1. The Hall–Kier alpha value is -3.19. The molecule has 7 nitrogen and oxygen atoms in total. The van der Waals surface area contributed by atoms with Crippen LogP contribution in [0.5, 0.6) is 5.75 Å². The van der Waals surface area contributed by atoms with Gasteiger partial charge in [-0.2, -0.15) is 4.98 Å². The predicted octanol–water partition coefficient (Wildman–Crippen LogP) is 2.89. The van der Waals surface area contributed by atoms with Crippen molar-refractivity contribution in [2.45, 2.75) is 19.5 Å². The highest BCUT2D eigenvalue weighted by molar-refractivity contribution is 5.93. The molecule has 0 fully saturated rings. The van der Waals surface area contributed by atoms with E-state index in [0.29, 0.717) is 29.7 Å². The maximum Gasteiger partial charge on any atom is 0.240 e. The number of anilines is 1. The summed E-state index contributed by atoms with van der Waals surface area (Å²) >= 11 is 0. The SMILES string of the molecule is COc1ccccc1NC(=O)Cc1noc(CN(C)Cc2ccccc2)n1. The first-order valence-electron chi connectivity index (χ1n) is 8.61. The van der Waals surface area contributed by atoms with Gasteiger partial charge in [-0.05, 0) is 24.7 Å².